The Hall–Kier alpha value is -4.67. The maximum Gasteiger partial charge on any atom is 1.00 e. The minimum absolute atomic E-state index is 0. The predicted molar refractivity (Wildman–Crippen MR) is 195 cm³/mol. The Morgan fingerprint density at radius 3 is 1.28 bits per heavy atom. The molecule has 0 amide bonds. The quantitative estimate of drug-likeness (QED) is 0.175. The van der Waals surface area contributed by atoms with Crippen LogP contribution in [0.25, 0.3) is 78.1 Å². The van der Waals surface area contributed by atoms with Crippen LogP contribution in [-0.4, -0.2) is 19.9 Å². The maximum absolute atomic E-state index is 14.5. The molecule has 0 aliphatic carbocycles. The van der Waals surface area contributed by atoms with Gasteiger partial charge in [-0.1, -0.05) is 84.6 Å². The molecule has 4 heterocycles. The Balaban J connectivity index is 0.00000392. The molecule has 8 aromatic rings. The van der Waals surface area contributed by atoms with Gasteiger partial charge in [0.15, 0.2) is 0 Å². The smallest absolute Gasteiger partial charge is 0.872 e. The zero-order valence-electron chi connectivity index (χ0n) is 27.4. The molecular formula is C44H29CsN4O. The Morgan fingerprint density at radius 1 is 0.340 bits per heavy atom. The number of hydrogen-bond acceptors (Lipinski definition) is 5. The van der Waals surface area contributed by atoms with Crippen molar-refractivity contribution in [3.05, 3.63) is 177 Å². The van der Waals surface area contributed by atoms with Crippen molar-refractivity contribution in [2.75, 3.05) is 0 Å². The average Bonchev–Trinajstić information content (AvgIpc) is 3.19. The molecule has 50 heavy (non-hydrogen) atoms. The van der Waals surface area contributed by atoms with E-state index in [0.29, 0.717) is 16.8 Å². The molecule has 0 bridgehead atoms. The third-order valence-electron chi connectivity index (χ3n) is 8.63. The SMILES string of the molecule is [Cs+].[O-]c1c(-c2cccc(-c3cccnc3)c2)cc(-c2cccc(-c3cccnc3)c2)cc1-c1cccc(-c2cccc(-c3cccnc3)c2)n1. The first-order valence-corrected chi connectivity index (χ1v) is 16.0. The maximum atomic E-state index is 14.5. The van der Waals surface area contributed by atoms with E-state index in [1.807, 2.05) is 122 Å². The fraction of sp³-hybridized carbons (Fsp3) is 0. The normalized spacial score (nSPS) is 10.7. The molecule has 0 radical (unpaired) electrons. The Bertz CT molecular complexity index is 2400. The molecule has 4 aromatic carbocycles. The van der Waals surface area contributed by atoms with Crippen LogP contribution in [0.5, 0.6) is 5.75 Å². The predicted octanol–water partition coefficient (Wildman–Crippen LogP) is 7.01. The molecular weight excluding hydrogens is 733 g/mol. The summed E-state index contributed by atoms with van der Waals surface area (Å²) in [6, 6.07) is 46.4. The molecule has 6 heteroatoms. The van der Waals surface area contributed by atoms with Crippen LogP contribution in [0.4, 0.5) is 0 Å². The Morgan fingerprint density at radius 2 is 0.740 bits per heavy atom. The van der Waals surface area contributed by atoms with Crippen molar-refractivity contribution in [1.82, 2.24) is 19.9 Å². The van der Waals surface area contributed by atoms with Crippen molar-refractivity contribution in [3.8, 4) is 83.9 Å². The van der Waals surface area contributed by atoms with Crippen LogP contribution in [0.1, 0.15) is 0 Å². The van der Waals surface area contributed by atoms with Crippen LogP contribution in [0.15, 0.2) is 177 Å². The van der Waals surface area contributed by atoms with Gasteiger partial charge in [-0.15, -0.1) is 0 Å². The van der Waals surface area contributed by atoms with E-state index in [2.05, 4.69) is 51.4 Å². The summed E-state index contributed by atoms with van der Waals surface area (Å²) in [5.74, 6) is -0.0794. The number of nitrogens with zero attached hydrogens (tertiary/aromatic N) is 4. The third-order valence-corrected chi connectivity index (χ3v) is 8.63. The number of benzene rings is 4. The minimum atomic E-state index is -0.0794. The van der Waals surface area contributed by atoms with Gasteiger partial charge in [0, 0.05) is 59.4 Å². The fourth-order valence-corrected chi connectivity index (χ4v) is 6.15. The first-order chi connectivity index (χ1) is 24.2. The third kappa shape index (κ3) is 7.27. The molecule has 232 valence electrons. The largest absolute Gasteiger partial charge is 1.00 e. The van der Waals surface area contributed by atoms with Gasteiger partial charge in [-0.25, -0.2) is 4.98 Å². The van der Waals surface area contributed by atoms with Crippen molar-refractivity contribution >= 4 is 0 Å². The van der Waals surface area contributed by atoms with Crippen molar-refractivity contribution in [2.24, 2.45) is 0 Å². The van der Waals surface area contributed by atoms with Gasteiger partial charge in [-0.05, 0) is 105 Å². The van der Waals surface area contributed by atoms with Crippen LogP contribution in [0, 0.1) is 0 Å². The molecule has 0 saturated heterocycles. The summed E-state index contributed by atoms with van der Waals surface area (Å²) in [5, 5.41) is 14.5. The molecule has 0 spiro atoms. The zero-order chi connectivity index (χ0) is 33.0. The first-order valence-electron chi connectivity index (χ1n) is 16.0. The molecule has 0 unspecified atom stereocenters. The van der Waals surface area contributed by atoms with E-state index in [9.17, 15) is 5.11 Å². The molecule has 0 aliphatic rings. The molecule has 0 atom stereocenters. The molecule has 0 N–H and O–H groups in total. The Labute approximate surface area is 350 Å². The summed E-state index contributed by atoms with van der Waals surface area (Å²) in [5.41, 5.74) is 12.4. The molecule has 8 rings (SSSR count). The zero-order valence-corrected chi connectivity index (χ0v) is 33.7. The number of pyridine rings is 4. The first kappa shape index (κ1) is 33.8. The van der Waals surface area contributed by atoms with Crippen molar-refractivity contribution in [1.29, 1.82) is 0 Å². The second-order valence-electron chi connectivity index (χ2n) is 11.8. The van der Waals surface area contributed by atoms with Crippen LogP contribution in [-0.2, 0) is 0 Å². The second kappa shape index (κ2) is 15.5. The van der Waals surface area contributed by atoms with Gasteiger partial charge in [-0.2, -0.15) is 0 Å². The van der Waals surface area contributed by atoms with E-state index in [1.165, 1.54) is 0 Å². The van der Waals surface area contributed by atoms with Crippen LogP contribution in [0.3, 0.4) is 0 Å². The number of hydrogen-bond donors (Lipinski definition) is 0. The summed E-state index contributed by atoms with van der Waals surface area (Å²) in [7, 11) is 0. The second-order valence-corrected chi connectivity index (χ2v) is 11.8. The summed E-state index contributed by atoms with van der Waals surface area (Å²) >= 11 is 0. The molecule has 0 saturated carbocycles. The van der Waals surface area contributed by atoms with Gasteiger partial charge in [0.05, 0.1) is 11.4 Å². The van der Waals surface area contributed by atoms with E-state index in [0.717, 1.165) is 61.3 Å². The van der Waals surface area contributed by atoms with Gasteiger partial charge in [0.2, 0.25) is 0 Å². The van der Waals surface area contributed by atoms with Crippen LogP contribution < -0.4 is 74.0 Å². The summed E-state index contributed by atoms with van der Waals surface area (Å²) in [4.78, 5) is 18.0. The van der Waals surface area contributed by atoms with Crippen LogP contribution in [0.2, 0.25) is 0 Å². The van der Waals surface area contributed by atoms with Gasteiger partial charge in [0.1, 0.15) is 0 Å². The van der Waals surface area contributed by atoms with E-state index < -0.39 is 0 Å². The molecule has 0 fully saturated rings. The molecule has 5 nitrogen and oxygen atoms in total. The monoisotopic (exact) mass is 762 g/mol. The van der Waals surface area contributed by atoms with E-state index in [-0.39, 0.29) is 74.6 Å². The summed E-state index contributed by atoms with van der Waals surface area (Å²) in [6.45, 7) is 0. The van der Waals surface area contributed by atoms with Gasteiger partial charge in [0.25, 0.3) is 0 Å². The Kier molecular flexibility index (Phi) is 10.5. The molecule has 0 aliphatic heterocycles. The van der Waals surface area contributed by atoms with Crippen molar-refractivity contribution < 1.29 is 74.0 Å². The summed E-state index contributed by atoms with van der Waals surface area (Å²) in [6.07, 6.45) is 10.8. The topological polar surface area (TPSA) is 74.6 Å². The van der Waals surface area contributed by atoms with Gasteiger partial charge in [-0.3, -0.25) is 15.0 Å². The van der Waals surface area contributed by atoms with E-state index in [4.69, 9.17) is 4.98 Å². The van der Waals surface area contributed by atoms with Gasteiger partial charge < -0.3 is 5.11 Å². The van der Waals surface area contributed by atoms with Gasteiger partial charge >= 0.3 is 68.9 Å². The van der Waals surface area contributed by atoms with E-state index >= 15 is 0 Å². The van der Waals surface area contributed by atoms with Crippen molar-refractivity contribution in [2.45, 2.75) is 0 Å². The van der Waals surface area contributed by atoms with E-state index in [1.54, 1.807) is 18.6 Å². The minimum Gasteiger partial charge on any atom is -0.872 e. The number of aromatic nitrogens is 4. The van der Waals surface area contributed by atoms with Crippen molar-refractivity contribution in [3.63, 3.8) is 0 Å². The van der Waals surface area contributed by atoms with Crippen LogP contribution >= 0.6 is 0 Å². The average molecular weight is 763 g/mol. The fourth-order valence-electron chi connectivity index (χ4n) is 6.15. The standard InChI is InChI=1S/C44H30N4O.Cs/c49-44-40(34-12-2-9-31(23-34)37-15-6-20-46-28-37)25-39(33-11-1-8-30(22-33)36-14-5-19-45-27-36)26-41(44)43-18-4-17-42(48-43)35-13-3-10-32(24-35)38-16-7-21-47-29-38;/h1-29,49H;/q;+1/p-1. The molecule has 4 aromatic heterocycles. The summed E-state index contributed by atoms with van der Waals surface area (Å²) < 4.78 is 0. The number of rotatable bonds is 7.